The standard InChI is InChI=1S/C21H18O3/c1-2-3-11-17-18(19(22)14-9-5-4-6-10-14)21(24)16-13-8-7-12-15(16)20(17)23/h4-10,12-13H,2-3,11H2,1H3. The predicted octanol–water partition coefficient (Wildman–Crippen LogP) is 4.44. The van der Waals surface area contributed by atoms with Gasteiger partial charge in [-0.15, -0.1) is 0 Å². The van der Waals surface area contributed by atoms with Crippen molar-refractivity contribution < 1.29 is 14.4 Å². The van der Waals surface area contributed by atoms with Crippen molar-refractivity contribution in [1.82, 2.24) is 0 Å². The van der Waals surface area contributed by atoms with Crippen molar-refractivity contribution >= 4 is 17.3 Å². The minimum atomic E-state index is -0.366. The van der Waals surface area contributed by atoms with E-state index < -0.39 is 0 Å². The molecule has 3 heteroatoms. The molecule has 0 heterocycles. The number of Topliss-reactive ketones (excluding diaryl/α,β-unsaturated/α-hetero) is 3. The van der Waals surface area contributed by atoms with Crippen LogP contribution in [0.4, 0.5) is 0 Å². The fourth-order valence-electron chi connectivity index (χ4n) is 2.99. The van der Waals surface area contributed by atoms with E-state index in [0.29, 0.717) is 28.7 Å². The number of hydrogen-bond acceptors (Lipinski definition) is 3. The van der Waals surface area contributed by atoms with Crippen LogP contribution in [0.5, 0.6) is 0 Å². The Morgan fingerprint density at radius 2 is 1.42 bits per heavy atom. The highest BCUT2D eigenvalue weighted by atomic mass is 16.2. The van der Waals surface area contributed by atoms with Crippen molar-refractivity contribution in [1.29, 1.82) is 0 Å². The Morgan fingerprint density at radius 3 is 2.04 bits per heavy atom. The molecular weight excluding hydrogens is 300 g/mol. The molecule has 0 radical (unpaired) electrons. The van der Waals surface area contributed by atoms with Crippen molar-refractivity contribution in [2.75, 3.05) is 0 Å². The molecule has 0 aliphatic heterocycles. The molecule has 3 rings (SSSR count). The number of carbonyl (C=O) groups is 3. The lowest BCUT2D eigenvalue weighted by molar-refractivity contribution is 0.0925. The van der Waals surface area contributed by atoms with Gasteiger partial charge in [0.05, 0.1) is 5.57 Å². The van der Waals surface area contributed by atoms with E-state index in [9.17, 15) is 14.4 Å². The lowest BCUT2D eigenvalue weighted by Crippen LogP contribution is -2.26. The van der Waals surface area contributed by atoms with E-state index in [1.807, 2.05) is 13.0 Å². The van der Waals surface area contributed by atoms with Crippen molar-refractivity contribution in [2.24, 2.45) is 0 Å². The maximum atomic E-state index is 12.9. The van der Waals surface area contributed by atoms with Crippen LogP contribution in [-0.2, 0) is 0 Å². The third kappa shape index (κ3) is 2.73. The Morgan fingerprint density at radius 1 is 0.833 bits per heavy atom. The van der Waals surface area contributed by atoms with E-state index in [1.54, 1.807) is 48.5 Å². The van der Waals surface area contributed by atoms with Gasteiger partial charge in [0.15, 0.2) is 17.3 Å². The number of allylic oxidation sites excluding steroid dienone is 2. The SMILES string of the molecule is CCCCC1=C(C(=O)c2ccccc2)C(=O)c2ccccc2C1=O. The van der Waals surface area contributed by atoms with E-state index in [0.717, 1.165) is 12.8 Å². The summed E-state index contributed by atoms with van der Waals surface area (Å²) in [6, 6.07) is 15.4. The van der Waals surface area contributed by atoms with Gasteiger partial charge in [-0.2, -0.15) is 0 Å². The van der Waals surface area contributed by atoms with Gasteiger partial charge in [0, 0.05) is 22.3 Å². The monoisotopic (exact) mass is 318 g/mol. The van der Waals surface area contributed by atoms with Gasteiger partial charge in [-0.3, -0.25) is 14.4 Å². The number of benzene rings is 2. The topological polar surface area (TPSA) is 51.2 Å². The lowest BCUT2D eigenvalue weighted by atomic mass is 9.79. The molecule has 0 saturated carbocycles. The summed E-state index contributed by atoms with van der Waals surface area (Å²) in [5.41, 5.74) is 1.55. The average Bonchev–Trinajstić information content (AvgIpc) is 2.63. The lowest BCUT2D eigenvalue weighted by Gasteiger charge is -2.20. The number of ketones is 3. The molecule has 0 amide bonds. The second-order valence-corrected chi connectivity index (χ2v) is 5.86. The molecule has 0 spiro atoms. The number of carbonyl (C=O) groups excluding carboxylic acids is 3. The molecule has 24 heavy (non-hydrogen) atoms. The zero-order chi connectivity index (χ0) is 17.1. The highest BCUT2D eigenvalue weighted by molar-refractivity contribution is 6.39. The highest BCUT2D eigenvalue weighted by Crippen LogP contribution is 2.31. The summed E-state index contributed by atoms with van der Waals surface area (Å²) in [6.45, 7) is 2.02. The van der Waals surface area contributed by atoms with Crippen LogP contribution in [0, 0.1) is 0 Å². The Kier molecular flexibility index (Phi) is 4.52. The minimum Gasteiger partial charge on any atom is -0.289 e. The van der Waals surface area contributed by atoms with Gasteiger partial charge < -0.3 is 0 Å². The van der Waals surface area contributed by atoms with Gasteiger partial charge in [-0.25, -0.2) is 0 Å². The van der Waals surface area contributed by atoms with Crippen LogP contribution in [0.3, 0.4) is 0 Å². The van der Waals surface area contributed by atoms with Gasteiger partial charge in [0.25, 0.3) is 0 Å². The van der Waals surface area contributed by atoms with Crippen molar-refractivity contribution in [3.63, 3.8) is 0 Å². The van der Waals surface area contributed by atoms with Gasteiger partial charge in [-0.1, -0.05) is 67.9 Å². The van der Waals surface area contributed by atoms with Crippen LogP contribution in [0.25, 0.3) is 0 Å². The molecule has 0 atom stereocenters. The minimum absolute atomic E-state index is 0.0401. The maximum Gasteiger partial charge on any atom is 0.198 e. The van der Waals surface area contributed by atoms with Crippen LogP contribution in [0.15, 0.2) is 65.7 Å². The Hall–Kier alpha value is -2.81. The first-order chi connectivity index (χ1) is 11.6. The first-order valence-electron chi connectivity index (χ1n) is 8.16. The predicted molar refractivity (Wildman–Crippen MR) is 92.4 cm³/mol. The molecular formula is C21H18O3. The summed E-state index contributed by atoms with van der Waals surface area (Å²) < 4.78 is 0. The molecule has 0 aromatic heterocycles. The van der Waals surface area contributed by atoms with E-state index in [2.05, 4.69) is 0 Å². The normalized spacial score (nSPS) is 13.9. The van der Waals surface area contributed by atoms with Crippen molar-refractivity contribution in [3.8, 4) is 0 Å². The molecule has 2 aromatic carbocycles. The molecule has 2 aromatic rings. The van der Waals surface area contributed by atoms with Crippen molar-refractivity contribution in [3.05, 3.63) is 82.4 Å². The van der Waals surface area contributed by atoms with E-state index in [4.69, 9.17) is 0 Å². The Labute approximate surface area is 141 Å². The molecule has 0 saturated heterocycles. The molecule has 0 N–H and O–H groups in total. The Bertz CT molecular complexity index is 844. The van der Waals surface area contributed by atoms with Gasteiger partial charge >= 0.3 is 0 Å². The van der Waals surface area contributed by atoms with Gasteiger partial charge in [-0.05, 0) is 12.8 Å². The highest BCUT2D eigenvalue weighted by Gasteiger charge is 2.35. The fourth-order valence-corrected chi connectivity index (χ4v) is 2.99. The second kappa shape index (κ2) is 6.75. The van der Waals surface area contributed by atoms with Crippen LogP contribution in [0.1, 0.15) is 57.3 Å². The summed E-state index contributed by atoms with van der Waals surface area (Å²) in [5.74, 6) is -0.905. The molecule has 120 valence electrons. The molecule has 0 bridgehead atoms. The zero-order valence-electron chi connectivity index (χ0n) is 13.5. The van der Waals surface area contributed by atoms with Gasteiger partial charge in [0.1, 0.15) is 0 Å². The summed E-state index contributed by atoms with van der Waals surface area (Å²) >= 11 is 0. The largest absolute Gasteiger partial charge is 0.289 e. The summed E-state index contributed by atoms with van der Waals surface area (Å²) in [4.78, 5) is 38.7. The van der Waals surface area contributed by atoms with Gasteiger partial charge in [0.2, 0.25) is 0 Å². The van der Waals surface area contributed by atoms with Crippen molar-refractivity contribution in [2.45, 2.75) is 26.2 Å². The fraction of sp³-hybridized carbons (Fsp3) is 0.190. The quantitative estimate of drug-likeness (QED) is 0.605. The smallest absolute Gasteiger partial charge is 0.198 e. The molecule has 3 nitrogen and oxygen atoms in total. The molecule has 1 aliphatic carbocycles. The molecule has 0 unspecified atom stereocenters. The summed E-state index contributed by atoms with van der Waals surface area (Å²) in [7, 11) is 0. The summed E-state index contributed by atoms with van der Waals surface area (Å²) in [5, 5.41) is 0. The van der Waals surface area contributed by atoms with E-state index in [1.165, 1.54) is 0 Å². The molecule has 1 aliphatic rings. The van der Waals surface area contributed by atoms with Crippen LogP contribution in [0.2, 0.25) is 0 Å². The average molecular weight is 318 g/mol. The van der Waals surface area contributed by atoms with Crippen LogP contribution >= 0.6 is 0 Å². The zero-order valence-corrected chi connectivity index (χ0v) is 13.5. The second-order valence-electron chi connectivity index (χ2n) is 5.86. The number of hydrogen-bond donors (Lipinski definition) is 0. The van der Waals surface area contributed by atoms with Crippen LogP contribution in [-0.4, -0.2) is 17.3 Å². The third-order valence-corrected chi connectivity index (χ3v) is 4.26. The first-order valence-corrected chi connectivity index (χ1v) is 8.16. The van der Waals surface area contributed by atoms with E-state index >= 15 is 0 Å². The number of fused-ring (bicyclic) bond motifs is 1. The third-order valence-electron chi connectivity index (χ3n) is 4.26. The number of rotatable bonds is 5. The number of unbranched alkanes of at least 4 members (excludes halogenated alkanes) is 1. The Balaban J connectivity index is 2.15. The first kappa shape index (κ1) is 16.1. The van der Waals surface area contributed by atoms with E-state index in [-0.39, 0.29) is 22.9 Å². The van der Waals surface area contributed by atoms with Crippen LogP contribution < -0.4 is 0 Å². The molecule has 0 fully saturated rings. The summed E-state index contributed by atoms with van der Waals surface area (Å²) in [6.07, 6.45) is 2.10. The maximum absolute atomic E-state index is 12.9.